The van der Waals surface area contributed by atoms with Crippen LogP contribution in [-0.4, -0.2) is 19.5 Å². The van der Waals surface area contributed by atoms with Gasteiger partial charge < -0.3 is 4.98 Å². The van der Waals surface area contributed by atoms with Crippen molar-refractivity contribution < 1.29 is 0 Å². The Morgan fingerprint density at radius 3 is 2.40 bits per heavy atom. The lowest BCUT2D eigenvalue weighted by Gasteiger charge is -2.01. The second kappa shape index (κ2) is 2.72. The number of rotatable bonds is 0. The number of hydrogen-bond donors (Lipinski definition) is 1. The lowest BCUT2D eigenvalue weighted by Crippen LogP contribution is -2.16. The molecule has 0 aliphatic carbocycles. The third-order valence-electron chi connectivity index (χ3n) is 3.75. The van der Waals surface area contributed by atoms with E-state index in [2.05, 4.69) is 47.2 Å². The number of aryl methyl sites for hydroxylation is 1. The maximum Gasteiger partial charge on any atom is 0.194 e. The first-order chi connectivity index (χ1) is 7.09. The Balaban J connectivity index is 2.16. The Labute approximate surface area is 92.1 Å². The van der Waals surface area contributed by atoms with Gasteiger partial charge in [-0.25, -0.2) is 0 Å². The zero-order valence-electron chi connectivity index (χ0n) is 9.65. The average Bonchev–Trinajstić information content (AvgIpc) is 2.75. The molecule has 2 aliphatic heterocycles. The van der Waals surface area contributed by atoms with Crippen molar-refractivity contribution in [2.24, 2.45) is 0 Å². The number of H-pyrrole nitrogens is 1. The van der Waals surface area contributed by atoms with Gasteiger partial charge in [0, 0.05) is 11.4 Å². The first-order valence-corrected chi connectivity index (χ1v) is 5.40. The maximum atomic E-state index is 3.49. The van der Waals surface area contributed by atoms with Gasteiger partial charge in [-0.15, -0.1) is 5.47 Å². The zero-order valence-corrected chi connectivity index (χ0v) is 9.65. The van der Waals surface area contributed by atoms with Crippen LogP contribution in [-0.2, 0) is 0 Å². The fourth-order valence-corrected chi connectivity index (χ4v) is 2.49. The van der Waals surface area contributed by atoms with Crippen molar-refractivity contribution >= 4 is 25.5 Å². The van der Waals surface area contributed by atoms with Crippen LogP contribution in [0.5, 0.6) is 0 Å². The number of allylic oxidation sites excluding steroid dienone is 3. The molecule has 2 radical (unpaired) electrons. The molecule has 1 aromatic heterocycles. The van der Waals surface area contributed by atoms with Gasteiger partial charge in [0.15, 0.2) is 14.6 Å². The molecule has 3 rings (SSSR count). The average molecular weight is 193 g/mol. The summed E-state index contributed by atoms with van der Waals surface area (Å²) >= 11 is 0. The molecule has 1 aromatic rings. The van der Waals surface area contributed by atoms with Crippen LogP contribution in [0.15, 0.2) is 16.5 Å². The molecule has 0 amide bonds. The Kier molecular flexibility index (Phi) is 1.66. The summed E-state index contributed by atoms with van der Waals surface area (Å²) in [5, 5.41) is 0. The Bertz CT molecular complexity index is 532. The molecule has 2 aliphatic rings. The second-order valence-electron chi connectivity index (χ2n) is 4.59. The highest BCUT2D eigenvalue weighted by atomic mass is 14.7. The molecule has 0 saturated heterocycles. The predicted octanol–water partition coefficient (Wildman–Crippen LogP) is 1.65. The third-order valence-corrected chi connectivity index (χ3v) is 3.75. The Morgan fingerprint density at radius 1 is 0.933 bits per heavy atom. The van der Waals surface area contributed by atoms with Gasteiger partial charge in [0.05, 0.1) is 0 Å². The van der Waals surface area contributed by atoms with Crippen molar-refractivity contribution in [3.05, 3.63) is 33.5 Å². The van der Waals surface area contributed by atoms with Crippen LogP contribution in [0.4, 0.5) is 0 Å². The summed E-state index contributed by atoms with van der Waals surface area (Å²) in [4.78, 5) is 3.49. The number of fused-ring (bicyclic) bond motifs is 2. The van der Waals surface area contributed by atoms with Crippen molar-refractivity contribution in [1.82, 2.24) is 4.98 Å². The van der Waals surface area contributed by atoms with E-state index in [1.807, 2.05) is 0 Å². The largest absolute Gasteiger partial charge is 0.360 e. The fraction of sp³-hybridized carbons (Fsp3) is 0.333. The summed E-state index contributed by atoms with van der Waals surface area (Å²) in [6.07, 6.45) is 0. The van der Waals surface area contributed by atoms with Crippen LogP contribution < -0.4 is 5.46 Å². The molecule has 3 heterocycles. The van der Waals surface area contributed by atoms with Gasteiger partial charge in [0.2, 0.25) is 0 Å². The second-order valence-corrected chi connectivity index (χ2v) is 4.59. The zero-order chi connectivity index (χ0) is 10.7. The van der Waals surface area contributed by atoms with E-state index in [0.29, 0.717) is 0 Å². The van der Waals surface area contributed by atoms with Crippen molar-refractivity contribution in [2.45, 2.75) is 27.7 Å². The van der Waals surface area contributed by atoms with Gasteiger partial charge in [-0.1, -0.05) is 28.9 Å². The summed E-state index contributed by atoms with van der Waals surface area (Å²) in [5.41, 5.74) is 11.0. The highest BCUT2D eigenvalue weighted by molar-refractivity contribution is 6.82. The number of aromatic nitrogens is 1. The third kappa shape index (κ3) is 1.01. The van der Waals surface area contributed by atoms with Crippen LogP contribution >= 0.6 is 0 Å². The van der Waals surface area contributed by atoms with Crippen molar-refractivity contribution in [3.8, 4) is 0 Å². The van der Waals surface area contributed by atoms with E-state index >= 15 is 0 Å². The number of hydrogen-bond acceptors (Lipinski definition) is 0. The normalized spacial score (nSPS) is 17.9. The molecule has 3 heteroatoms. The summed E-state index contributed by atoms with van der Waals surface area (Å²) < 4.78 is 0. The van der Waals surface area contributed by atoms with E-state index in [0.717, 1.165) is 0 Å². The Hall–Kier alpha value is -1.11. The van der Waals surface area contributed by atoms with Gasteiger partial charge in [-0.05, 0) is 26.3 Å². The fourth-order valence-electron chi connectivity index (χ4n) is 2.49. The van der Waals surface area contributed by atoms with Gasteiger partial charge in [-0.2, -0.15) is 0 Å². The highest BCUT2D eigenvalue weighted by Crippen LogP contribution is 2.35. The summed E-state index contributed by atoms with van der Waals surface area (Å²) in [6, 6.07) is 0. The summed E-state index contributed by atoms with van der Waals surface area (Å²) in [5.74, 6) is 0. The van der Waals surface area contributed by atoms with Crippen LogP contribution in [0, 0.1) is 13.8 Å². The van der Waals surface area contributed by atoms with Crippen LogP contribution in [0.25, 0.3) is 5.47 Å². The highest BCUT2D eigenvalue weighted by Gasteiger charge is 2.31. The molecule has 0 bridgehead atoms. The van der Waals surface area contributed by atoms with Gasteiger partial charge >= 0.3 is 0 Å². The van der Waals surface area contributed by atoms with E-state index in [1.165, 1.54) is 44.4 Å². The van der Waals surface area contributed by atoms with Crippen LogP contribution in [0.3, 0.4) is 0 Å². The molecular weight excluding hydrogens is 180 g/mol. The van der Waals surface area contributed by atoms with E-state index in [1.54, 1.807) is 0 Å². The van der Waals surface area contributed by atoms with E-state index in [9.17, 15) is 0 Å². The molecule has 1 N–H and O–H groups in total. The van der Waals surface area contributed by atoms with Gasteiger partial charge in [-0.3, -0.25) is 0 Å². The standard InChI is InChI=1S/C12H13B2N/c1-5-7(3)13-11-9(5)14-10-6(2)8(4)15-12(10)11/h15H,1-4H3. The monoisotopic (exact) mass is 193 g/mol. The molecule has 0 aromatic carbocycles. The molecular formula is C12H13B2N. The molecule has 0 unspecified atom stereocenters. The van der Waals surface area contributed by atoms with Gasteiger partial charge in [0.1, 0.15) is 0 Å². The van der Waals surface area contributed by atoms with E-state index in [4.69, 9.17) is 0 Å². The lowest BCUT2D eigenvalue weighted by molar-refractivity contribution is 1.22. The molecule has 0 fully saturated rings. The topological polar surface area (TPSA) is 15.8 Å². The van der Waals surface area contributed by atoms with Gasteiger partial charge in [0.25, 0.3) is 0 Å². The van der Waals surface area contributed by atoms with Crippen molar-refractivity contribution in [1.29, 1.82) is 0 Å². The lowest BCUT2D eigenvalue weighted by atomic mass is 9.63. The molecule has 0 atom stereocenters. The van der Waals surface area contributed by atoms with Crippen LogP contribution in [0.1, 0.15) is 30.8 Å². The minimum absolute atomic E-state index is 1.29. The maximum absolute atomic E-state index is 3.49. The predicted molar refractivity (Wildman–Crippen MR) is 66.7 cm³/mol. The smallest absolute Gasteiger partial charge is 0.194 e. The van der Waals surface area contributed by atoms with Crippen LogP contribution in [0.2, 0.25) is 0 Å². The Morgan fingerprint density at radius 2 is 1.67 bits per heavy atom. The summed E-state index contributed by atoms with van der Waals surface area (Å²) in [7, 11) is 4.62. The summed E-state index contributed by atoms with van der Waals surface area (Å²) in [6.45, 7) is 8.72. The van der Waals surface area contributed by atoms with Crippen molar-refractivity contribution in [3.63, 3.8) is 0 Å². The molecule has 0 saturated carbocycles. The minimum atomic E-state index is 1.29. The molecule has 0 spiro atoms. The number of aromatic amines is 1. The first-order valence-electron chi connectivity index (χ1n) is 5.40. The number of nitrogens with one attached hydrogen (secondary N) is 1. The molecule has 1 nitrogen and oxygen atoms in total. The van der Waals surface area contributed by atoms with E-state index < -0.39 is 0 Å². The molecule has 72 valence electrons. The SMILES string of the molecule is CC1=C(C)C2=C([B]1)c1[nH]c(C)c(C)c1[B]2. The van der Waals surface area contributed by atoms with E-state index in [-0.39, 0.29) is 0 Å². The molecule has 15 heavy (non-hydrogen) atoms. The minimum Gasteiger partial charge on any atom is -0.360 e. The quantitative estimate of drug-likeness (QED) is 0.602. The van der Waals surface area contributed by atoms with Crippen molar-refractivity contribution in [2.75, 3.05) is 0 Å². The first kappa shape index (κ1) is 9.14.